The summed E-state index contributed by atoms with van der Waals surface area (Å²) in [4.78, 5) is 1.25. The van der Waals surface area contributed by atoms with Crippen LogP contribution >= 0.6 is 0 Å². The molecule has 0 N–H and O–H groups in total. The molecule has 0 aliphatic heterocycles. The maximum atomic E-state index is 9.17. The van der Waals surface area contributed by atoms with E-state index in [1.54, 1.807) is 0 Å². The van der Waals surface area contributed by atoms with Gasteiger partial charge in [-0.05, 0) is 0 Å². The van der Waals surface area contributed by atoms with Crippen molar-refractivity contribution in [1.29, 1.82) is 0 Å². The fourth-order valence-corrected chi connectivity index (χ4v) is 0. The standard InChI is InChI=1S/CH3.K.2O.Sn/h1H3;;;;/q;+1;;-1;. The summed E-state index contributed by atoms with van der Waals surface area (Å²) in [7, 11) is 0. The van der Waals surface area contributed by atoms with Crippen LogP contribution in [0.5, 0.6) is 0 Å². The van der Waals surface area contributed by atoms with Crippen LogP contribution in [0.15, 0.2) is 0 Å². The second kappa shape index (κ2) is 6.20. The SMILES string of the molecule is [CH3][Sn](=[O])[O-].[K+]. The Kier molecular flexibility index (Phi) is 12.7. The van der Waals surface area contributed by atoms with Gasteiger partial charge in [-0.1, -0.05) is 0 Å². The Morgan fingerprint density at radius 3 is 1.80 bits per heavy atom. The fraction of sp³-hybridized carbons (Fsp3) is 1.00. The molecule has 0 aromatic heterocycles. The first kappa shape index (κ1) is 10.2. The van der Waals surface area contributed by atoms with Gasteiger partial charge in [0.05, 0.1) is 0 Å². The average Bonchev–Trinajstić information content (AvgIpc) is 0.811. The summed E-state index contributed by atoms with van der Waals surface area (Å²) >= 11 is -3.04. The molecule has 0 unspecified atom stereocenters. The van der Waals surface area contributed by atoms with E-state index in [-0.39, 0.29) is 51.4 Å². The summed E-state index contributed by atoms with van der Waals surface area (Å²) in [5, 5.41) is 0. The molecule has 0 rings (SSSR count). The molecule has 0 aromatic carbocycles. The monoisotopic (exact) mass is 206 g/mol. The molecule has 5 heavy (non-hydrogen) atoms. The van der Waals surface area contributed by atoms with Crippen LogP contribution in [0.25, 0.3) is 0 Å². The van der Waals surface area contributed by atoms with Gasteiger partial charge in [0.15, 0.2) is 0 Å². The molecule has 0 spiro atoms. The largest absolute Gasteiger partial charge is 1.00 e. The minimum atomic E-state index is -3.04. The maximum absolute atomic E-state index is 9.17. The van der Waals surface area contributed by atoms with E-state index in [4.69, 9.17) is 6.52 Å². The Bertz CT molecular complexity index is 32.6. The number of hydrogen-bond acceptors (Lipinski definition) is 2. The molecule has 4 heteroatoms. The van der Waals surface area contributed by atoms with Gasteiger partial charge < -0.3 is 0 Å². The fourth-order valence-electron chi connectivity index (χ4n) is 0. The van der Waals surface area contributed by atoms with Crippen molar-refractivity contribution in [2.45, 2.75) is 4.94 Å². The molecule has 0 bridgehead atoms. The second-order valence-corrected chi connectivity index (χ2v) is 3.30. The second-order valence-electron chi connectivity index (χ2n) is 0.492. The van der Waals surface area contributed by atoms with Crippen molar-refractivity contribution in [3.63, 3.8) is 0 Å². The minimum absolute atomic E-state index is 0. The quantitative estimate of drug-likeness (QED) is 0.377. The van der Waals surface area contributed by atoms with Crippen LogP contribution in [0, 0.1) is 0 Å². The molecule has 0 aromatic rings. The third-order valence-electron chi connectivity index (χ3n) is 0. The van der Waals surface area contributed by atoms with E-state index < -0.39 is 20.2 Å². The Morgan fingerprint density at radius 1 is 1.80 bits per heavy atom. The first-order valence-corrected chi connectivity index (χ1v) is 6.09. The van der Waals surface area contributed by atoms with Crippen molar-refractivity contribution in [1.82, 2.24) is 0 Å². The molecular formula is CH3KO2Sn. The molecule has 0 atom stereocenters. The van der Waals surface area contributed by atoms with Gasteiger partial charge in [-0.15, -0.1) is 0 Å². The Hall–Kier alpha value is 2.20. The van der Waals surface area contributed by atoms with Gasteiger partial charge in [0, 0.05) is 0 Å². The summed E-state index contributed by atoms with van der Waals surface area (Å²) in [5.41, 5.74) is 0. The van der Waals surface area contributed by atoms with E-state index >= 15 is 0 Å². The molecule has 0 amide bonds. The average molecular weight is 205 g/mol. The molecule has 24 valence electrons. The first-order chi connectivity index (χ1) is 1.73. The molecular weight excluding hydrogens is 202 g/mol. The van der Waals surface area contributed by atoms with Crippen LogP contribution < -0.4 is 54.8 Å². The molecule has 0 heterocycles. The summed E-state index contributed by atoms with van der Waals surface area (Å²) < 4.78 is 18.3. The molecule has 0 aliphatic rings. The van der Waals surface area contributed by atoms with E-state index in [0.29, 0.717) is 0 Å². The van der Waals surface area contributed by atoms with Crippen LogP contribution in [-0.4, -0.2) is 20.2 Å². The van der Waals surface area contributed by atoms with Gasteiger partial charge in [0.1, 0.15) is 0 Å². The third-order valence-corrected chi connectivity index (χ3v) is 0. The molecule has 0 aliphatic carbocycles. The zero-order valence-corrected chi connectivity index (χ0v) is 9.29. The van der Waals surface area contributed by atoms with Gasteiger partial charge in [-0.3, -0.25) is 0 Å². The van der Waals surface area contributed by atoms with Crippen molar-refractivity contribution in [3.05, 3.63) is 0 Å². The summed E-state index contributed by atoms with van der Waals surface area (Å²) in [6, 6.07) is 0. The van der Waals surface area contributed by atoms with Crippen LogP contribution in [0.4, 0.5) is 0 Å². The Labute approximate surface area is 81.0 Å². The molecule has 0 saturated carbocycles. The summed E-state index contributed by atoms with van der Waals surface area (Å²) in [5.74, 6) is 0. The van der Waals surface area contributed by atoms with Crippen LogP contribution in [0.2, 0.25) is 4.94 Å². The zero-order valence-electron chi connectivity index (χ0n) is 3.32. The zero-order chi connectivity index (χ0) is 3.58. The van der Waals surface area contributed by atoms with Crippen molar-refractivity contribution >= 4 is 20.2 Å². The van der Waals surface area contributed by atoms with Gasteiger partial charge in [-0.25, -0.2) is 0 Å². The van der Waals surface area contributed by atoms with E-state index in [0.717, 1.165) is 0 Å². The molecule has 0 fully saturated rings. The third kappa shape index (κ3) is 22.6. The number of rotatable bonds is 0. The number of hydrogen-bond donors (Lipinski definition) is 0. The predicted molar refractivity (Wildman–Crippen MR) is 12.3 cm³/mol. The normalized spacial score (nSPS) is 5.20. The van der Waals surface area contributed by atoms with Gasteiger partial charge >= 0.3 is 83.0 Å². The van der Waals surface area contributed by atoms with E-state index in [1.165, 1.54) is 4.94 Å². The summed E-state index contributed by atoms with van der Waals surface area (Å²) in [6.45, 7) is 0. The molecule has 0 radical (unpaired) electrons. The van der Waals surface area contributed by atoms with Gasteiger partial charge in [0.25, 0.3) is 0 Å². The minimum Gasteiger partial charge on any atom is 1.00 e. The van der Waals surface area contributed by atoms with E-state index in [1.807, 2.05) is 0 Å². The van der Waals surface area contributed by atoms with Crippen LogP contribution in [0.3, 0.4) is 0 Å². The first-order valence-electron chi connectivity index (χ1n) is 0.908. The van der Waals surface area contributed by atoms with E-state index in [2.05, 4.69) is 0 Å². The van der Waals surface area contributed by atoms with Gasteiger partial charge in [-0.2, -0.15) is 0 Å². The van der Waals surface area contributed by atoms with Crippen molar-refractivity contribution in [2.24, 2.45) is 0 Å². The van der Waals surface area contributed by atoms with Crippen molar-refractivity contribution in [2.75, 3.05) is 0 Å². The van der Waals surface area contributed by atoms with Crippen LogP contribution in [-0.2, 0) is 3.08 Å². The van der Waals surface area contributed by atoms with E-state index in [9.17, 15) is 0 Å². The molecule has 0 saturated heterocycles. The molecule has 2 nitrogen and oxygen atoms in total. The topological polar surface area (TPSA) is 40.1 Å². The summed E-state index contributed by atoms with van der Waals surface area (Å²) in [6.07, 6.45) is 0. The van der Waals surface area contributed by atoms with Crippen molar-refractivity contribution in [3.8, 4) is 0 Å². The van der Waals surface area contributed by atoms with Crippen LogP contribution in [0.1, 0.15) is 0 Å². The smallest absolute Gasteiger partial charge is 1.00 e. The predicted octanol–water partition coefficient (Wildman–Crippen LogP) is -4.10. The van der Waals surface area contributed by atoms with Crippen molar-refractivity contribution < 1.29 is 57.9 Å². The Balaban J connectivity index is 0. The Morgan fingerprint density at radius 2 is 1.80 bits per heavy atom. The van der Waals surface area contributed by atoms with Gasteiger partial charge in [0.2, 0.25) is 0 Å². The maximum Gasteiger partial charge on any atom is 1.00 e.